The minimum absolute atomic E-state index is 0.0985. The number of fused-ring (bicyclic) bond motifs is 3. The molecular formula is C23H24F3N7O2. The van der Waals surface area contributed by atoms with Crippen LogP contribution in [0.1, 0.15) is 30.3 Å². The van der Waals surface area contributed by atoms with Gasteiger partial charge in [-0.15, -0.1) is 10.2 Å². The van der Waals surface area contributed by atoms with E-state index in [0.717, 1.165) is 37.7 Å². The van der Waals surface area contributed by atoms with Gasteiger partial charge in [-0.1, -0.05) is 0 Å². The molecular weight excluding hydrogens is 463 g/mol. The summed E-state index contributed by atoms with van der Waals surface area (Å²) < 4.78 is 54.3. The zero-order valence-corrected chi connectivity index (χ0v) is 19.0. The predicted molar refractivity (Wildman–Crippen MR) is 119 cm³/mol. The smallest absolute Gasteiger partial charge is 0.242 e. The monoisotopic (exact) mass is 487 g/mol. The highest BCUT2D eigenvalue weighted by Gasteiger charge is 2.43. The first-order chi connectivity index (χ1) is 17.0. The summed E-state index contributed by atoms with van der Waals surface area (Å²) in [6, 6.07) is 4.16. The Labute approximate surface area is 199 Å². The van der Waals surface area contributed by atoms with E-state index < -0.39 is 23.6 Å². The Kier molecular flexibility index (Phi) is 5.47. The molecule has 2 fully saturated rings. The standard InChI is InChI=1S/C23H24F3N7O2/c1-34-17-8-14(9-27-30-17)32-10-12-2-3-13(11-32)20(12)28-23-29-22-21(35-7-6-33(22)31-23)15-4-5-16(24)19(26)18(15)25/h4-5,8-9,12-13,20-21H,2-3,6-7,10-11H2,1H3,(H,28,31)/t12-,13+,20?,21-/m0/s1. The van der Waals surface area contributed by atoms with Crippen molar-refractivity contribution in [2.45, 2.75) is 31.5 Å². The number of anilines is 2. The minimum Gasteiger partial charge on any atom is -0.480 e. The van der Waals surface area contributed by atoms with Crippen LogP contribution in [0.5, 0.6) is 5.88 Å². The SMILES string of the molecule is COc1cc(N2C[C@H]3CC[C@@H](C2)C3Nc2nc3n(n2)CCO[C@H]3c2ccc(F)c(F)c2F)cnn1. The Balaban J connectivity index is 1.21. The first-order valence-electron chi connectivity index (χ1n) is 11.6. The molecule has 184 valence electrons. The summed E-state index contributed by atoms with van der Waals surface area (Å²) in [4.78, 5) is 6.88. The van der Waals surface area contributed by atoms with Gasteiger partial charge in [-0.2, -0.15) is 10.1 Å². The lowest BCUT2D eigenvalue weighted by molar-refractivity contribution is 0.0364. The summed E-state index contributed by atoms with van der Waals surface area (Å²) in [6.07, 6.45) is 2.94. The van der Waals surface area contributed by atoms with E-state index in [2.05, 4.69) is 30.5 Å². The number of rotatable bonds is 5. The number of aromatic nitrogens is 5. The van der Waals surface area contributed by atoms with Crippen molar-refractivity contribution in [3.63, 3.8) is 0 Å². The number of ether oxygens (including phenoxy) is 2. The van der Waals surface area contributed by atoms with Crippen LogP contribution in [0, 0.1) is 29.3 Å². The first kappa shape index (κ1) is 22.1. The fraction of sp³-hybridized carbons (Fsp3) is 0.478. The molecule has 2 aliphatic heterocycles. The average molecular weight is 487 g/mol. The van der Waals surface area contributed by atoms with Gasteiger partial charge in [0.15, 0.2) is 23.3 Å². The lowest BCUT2D eigenvalue weighted by atomic mass is 9.92. The highest BCUT2D eigenvalue weighted by molar-refractivity contribution is 5.48. The maximum atomic E-state index is 14.5. The van der Waals surface area contributed by atoms with Crippen molar-refractivity contribution >= 4 is 11.6 Å². The molecule has 1 aliphatic carbocycles. The molecule has 1 unspecified atom stereocenters. The normalized spacial score (nSPS) is 25.4. The third kappa shape index (κ3) is 3.85. The number of benzene rings is 1. The number of hydrogen-bond donors (Lipinski definition) is 1. The Morgan fingerprint density at radius 2 is 1.91 bits per heavy atom. The van der Waals surface area contributed by atoms with E-state index in [9.17, 15) is 13.2 Å². The van der Waals surface area contributed by atoms with Crippen molar-refractivity contribution < 1.29 is 22.6 Å². The molecule has 0 spiro atoms. The summed E-state index contributed by atoms with van der Waals surface area (Å²) in [6.45, 7) is 2.39. The van der Waals surface area contributed by atoms with Crippen LogP contribution in [0.4, 0.5) is 24.8 Å². The number of nitrogens with zero attached hydrogens (tertiary/aromatic N) is 6. The van der Waals surface area contributed by atoms with Crippen LogP contribution in [0.3, 0.4) is 0 Å². The molecule has 0 amide bonds. The van der Waals surface area contributed by atoms with E-state index in [4.69, 9.17) is 9.47 Å². The zero-order chi connectivity index (χ0) is 24.1. The molecule has 1 aromatic carbocycles. The van der Waals surface area contributed by atoms with Crippen molar-refractivity contribution in [1.82, 2.24) is 25.0 Å². The van der Waals surface area contributed by atoms with Gasteiger partial charge in [0.05, 0.1) is 32.1 Å². The maximum absolute atomic E-state index is 14.5. The van der Waals surface area contributed by atoms with Gasteiger partial charge in [0, 0.05) is 30.8 Å². The van der Waals surface area contributed by atoms with Crippen molar-refractivity contribution in [2.24, 2.45) is 11.8 Å². The van der Waals surface area contributed by atoms with Gasteiger partial charge in [-0.25, -0.2) is 17.9 Å². The molecule has 1 saturated carbocycles. The first-order valence-corrected chi connectivity index (χ1v) is 11.6. The summed E-state index contributed by atoms with van der Waals surface area (Å²) in [5.41, 5.74) is 0.884. The molecule has 2 aromatic heterocycles. The van der Waals surface area contributed by atoms with Crippen LogP contribution >= 0.6 is 0 Å². The second kappa shape index (κ2) is 8.67. The Morgan fingerprint density at radius 3 is 2.69 bits per heavy atom. The van der Waals surface area contributed by atoms with Crippen molar-refractivity contribution in [1.29, 1.82) is 0 Å². The molecule has 3 aliphatic rings. The van der Waals surface area contributed by atoms with Crippen molar-refractivity contribution in [2.75, 3.05) is 37.0 Å². The number of methoxy groups -OCH3 is 1. The molecule has 35 heavy (non-hydrogen) atoms. The summed E-state index contributed by atoms with van der Waals surface area (Å²) in [5.74, 6) is -2.00. The van der Waals surface area contributed by atoms with E-state index in [1.165, 1.54) is 6.07 Å². The number of piperidine rings is 1. The van der Waals surface area contributed by atoms with Crippen LogP contribution in [0.2, 0.25) is 0 Å². The van der Waals surface area contributed by atoms with Gasteiger partial charge in [-0.3, -0.25) is 0 Å². The Hall–Kier alpha value is -3.41. The summed E-state index contributed by atoms with van der Waals surface area (Å²) in [5, 5.41) is 16.0. The molecule has 0 radical (unpaired) electrons. The van der Waals surface area contributed by atoms with Crippen LogP contribution < -0.4 is 15.0 Å². The van der Waals surface area contributed by atoms with Gasteiger partial charge in [0.25, 0.3) is 0 Å². The summed E-state index contributed by atoms with van der Waals surface area (Å²) >= 11 is 0. The topological polar surface area (TPSA) is 90.2 Å². The number of nitrogens with one attached hydrogen (secondary N) is 1. The lowest BCUT2D eigenvalue weighted by Crippen LogP contribution is -2.48. The fourth-order valence-corrected chi connectivity index (χ4v) is 5.51. The molecule has 6 rings (SSSR count). The Morgan fingerprint density at radius 1 is 1.11 bits per heavy atom. The molecule has 4 heterocycles. The average Bonchev–Trinajstić information content (AvgIpc) is 3.38. The summed E-state index contributed by atoms with van der Waals surface area (Å²) in [7, 11) is 1.57. The van der Waals surface area contributed by atoms with Gasteiger partial charge in [0.1, 0.15) is 6.10 Å². The highest BCUT2D eigenvalue weighted by atomic mass is 19.2. The molecule has 2 bridgehead atoms. The second-order valence-corrected chi connectivity index (χ2v) is 9.16. The number of hydrogen-bond acceptors (Lipinski definition) is 8. The Bertz CT molecular complexity index is 1240. The van der Waals surface area contributed by atoms with E-state index in [-0.39, 0.29) is 18.2 Å². The fourth-order valence-electron chi connectivity index (χ4n) is 5.51. The molecule has 12 heteroatoms. The molecule has 3 aromatic rings. The maximum Gasteiger partial charge on any atom is 0.242 e. The van der Waals surface area contributed by atoms with E-state index in [1.54, 1.807) is 18.0 Å². The largest absolute Gasteiger partial charge is 0.480 e. The predicted octanol–water partition coefficient (Wildman–Crippen LogP) is 2.94. The quantitative estimate of drug-likeness (QED) is 0.550. The van der Waals surface area contributed by atoms with Crippen LogP contribution in [-0.2, 0) is 11.3 Å². The number of halogens is 3. The van der Waals surface area contributed by atoms with E-state index >= 15 is 0 Å². The van der Waals surface area contributed by atoms with Crippen molar-refractivity contribution in [3.05, 3.63) is 53.2 Å². The molecule has 4 atom stereocenters. The van der Waals surface area contributed by atoms with Gasteiger partial charge < -0.3 is 19.7 Å². The minimum atomic E-state index is -1.52. The molecule has 1 saturated heterocycles. The highest BCUT2D eigenvalue weighted by Crippen LogP contribution is 2.40. The van der Waals surface area contributed by atoms with E-state index in [1.807, 2.05) is 6.07 Å². The molecule has 1 N–H and O–H groups in total. The van der Waals surface area contributed by atoms with Gasteiger partial charge in [0.2, 0.25) is 11.8 Å². The van der Waals surface area contributed by atoms with Crippen LogP contribution in [-0.4, -0.2) is 57.8 Å². The van der Waals surface area contributed by atoms with Gasteiger partial charge >= 0.3 is 0 Å². The van der Waals surface area contributed by atoms with E-state index in [0.29, 0.717) is 36.0 Å². The van der Waals surface area contributed by atoms with Gasteiger partial charge in [-0.05, 0) is 36.8 Å². The molecule has 9 nitrogen and oxygen atoms in total. The van der Waals surface area contributed by atoms with Crippen LogP contribution in [0.15, 0.2) is 24.4 Å². The third-order valence-electron chi connectivity index (χ3n) is 7.19. The second-order valence-electron chi connectivity index (χ2n) is 9.16. The van der Waals surface area contributed by atoms with Crippen LogP contribution in [0.25, 0.3) is 0 Å². The third-order valence-corrected chi connectivity index (χ3v) is 7.19. The zero-order valence-electron chi connectivity index (χ0n) is 19.0. The van der Waals surface area contributed by atoms with Crippen molar-refractivity contribution in [3.8, 4) is 5.88 Å². The lowest BCUT2D eigenvalue weighted by Gasteiger charge is -2.39.